The second kappa shape index (κ2) is 2.53. The van der Waals surface area contributed by atoms with E-state index in [2.05, 4.69) is 0 Å². The van der Waals surface area contributed by atoms with E-state index in [0.29, 0.717) is 12.3 Å². The Labute approximate surface area is 78.0 Å². The van der Waals surface area contributed by atoms with E-state index in [-0.39, 0.29) is 11.6 Å². The third kappa shape index (κ3) is 1.45. The van der Waals surface area contributed by atoms with Crippen LogP contribution in [0.3, 0.4) is 0 Å². The molecule has 1 fully saturated rings. The van der Waals surface area contributed by atoms with Gasteiger partial charge in [0.1, 0.15) is 0 Å². The van der Waals surface area contributed by atoms with Crippen molar-refractivity contribution >= 4 is 11.6 Å². The summed E-state index contributed by atoms with van der Waals surface area (Å²) in [6.45, 7) is 3.73. The summed E-state index contributed by atoms with van der Waals surface area (Å²) in [6.07, 6.45) is 4.12. The molecule has 0 aromatic carbocycles. The zero-order chi connectivity index (χ0) is 9.64. The lowest BCUT2D eigenvalue weighted by Gasteiger charge is -2.27. The Morgan fingerprint density at radius 3 is 2.46 bits per heavy atom. The van der Waals surface area contributed by atoms with E-state index in [9.17, 15) is 9.59 Å². The van der Waals surface area contributed by atoms with Crippen LogP contribution in [-0.4, -0.2) is 11.6 Å². The van der Waals surface area contributed by atoms with Crippen molar-refractivity contribution in [1.82, 2.24) is 0 Å². The summed E-state index contributed by atoms with van der Waals surface area (Å²) in [5, 5.41) is 0. The van der Waals surface area contributed by atoms with Crippen LogP contribution in [-0.2, 0) is 9.59 Å². The first-order chi connectivity index (χ1) is 6.00. The zero-order valence-corrected chi connectivity index (χ0v) is 8.09. The Kier molecular flexibility index (Phi) is 1.69. The quantitative estimate of drug-likeness (QED) is 0.614. The first kappa shape index (κ1) is 8.67. The van der Waals surface area contributed by atoms with Gasteiger partial charge in [-0.05, 0) is 24.8 Å². The molecule has 0 aromatic heterocycles. The van der Waals surface area contributed by atoms with Gasteiger partial charge in [-0.15, -0.1) is 0 Å². The second-order valence-corrected chi connectivity index (χ2v) is 4.73. The normalized spacial score (nSPS) is 27.4. The monoisotopic (exact) mass is 178 g/mol. The molecule has 0 radical (unpaired) electrons. The molecule has 0 bridgehead atoms. The van der Waals surface area contributed by atoms with Gasteiger partial charge in [0.15, 0.2) is 11.6 Å². The summed E-state index contributed by atoms with van der Waals surface area (Å²) in [7, 11) is 0. The molecule has 0 aliphatic heterocycles. The van der Waals surface area contributed by atoms with E-state index in [1.54, 1.807) is 6.08 Å². The molecule has 13 heavy (non-hydrogen) atoms. The highest BCUT2D eigenvalue weighted by molar-refractivity contribution is 6.11. The summed E-state index contributed by atoms with van der Waals surface area (Å²) in [4.78, 5) is 23.2. The molecular formula is C11H14O2. The number of Topliss-reactive ketones (excluding diaryl/α,β-unsaturated/α-hetero) is 1. The number of ketones is 2. The maximum absolute atomic E-state index is 11.9. The molecule has 2 aliphatic rings. The third-order valence-electron chi connectivity index (χ3n) is 2.83. The van der Waals surface area contributed by atoms with Crippen molar-refractivity contribution in [2.24, 2.45) is 11.3 Å². The Bertz CT molecular complexity index is 306. The summed E-state index contributed by atoms with van der Waals surface area (Å²) < 4.78 is 0. The van der Waals surface area contributed by atoms with Crippen molar-refractivity contribution in [2.75, 3.05) is 0 Å². The van der Waals surface area contributed by atoms with Gasteiger partial charge in [0, 0.05) is 17.4 Å². The molecule has 2 rings (SSSR count). The van der Waals surface area contributed by atoms with Crippen LogP contribution in [0.1, 0.15) is 33.1 Å². The average Bonchev–Trinajstić information content (AvgIpc) is 2.78. The van der Waals surface area contributed by atoms with Crippen molar-refractivity contribution in [1.29, 1.82) is 0 Å². The van der Waals surface area contributed by atoms with Gasteiger partial charge in [0.25, 0.3) is 0 Å². The van der Waals surface area contributed by atoms with E-state index < -0.39 is 5.41 Å². The number of allylic oxidation sites excluding steroid dienone is 2. The van der Waals surface area contributed by atoms with Crippen LogP contribution in [0, 0.1) is 11.3 Å². The zero-order valence-electron chi connectivity index (χ0n) is 8.09. The molecule has 0 spiro atoms. The molecule has 0 heterocycles. The van der Waals surface area contributed by atoms with Gasteiger partial charge in [-0.2, -0.15) is 0 Å². The van der Waals surface area contributed by atoms with Crippen molar-refractivity contribution in [2.45, 2.75) is 33.1 Å². The van der Waals surface area contributed by atoms with Gasteiger partial charge < -0.3 is 0 Å². The molecular weight excluding hydrogens is 164 g/mol. The maximum atomic E-state index is 11.9. The predicted octanol–water partition coefficient (Wildman–Crippen LogP) is 1.89. The number of hydrogen-bond acceptors (Lipinski definition) is 2. The molecule has 1 saturated carbocycles. The molecule has 0 N–H and O–H groups in total. The fourth-order valence-electron chi connectivity index (χ4n) is 1.89. The minimum atomic E-state index is -0.455. The molecule has 0 aromatic rings. The lowest BCUT2D eigenvalue weighted by atomic mass is 9.74. The predicted molar refractivity (Wildman–Crippen MR) is 49.2 cm³/mol. The minimum absolute atomic E-state index is 0.117. The highest BCUT2D eigenvalue weighted by atomic mass is 16.1. The van der Waals surface area contributed by atoms with Crippen LogP contribution in [0.25, 0.3) is 0 Å². The summed E-state index contributed by atoms with van der Waals surface area (Å²) in [5.41, 5.74) is 0.338. The SMILES string of the molecule is CC1(C)CC(=O)C=C(C2CC2)C1=O. The van der Waals surface area contributed by atoms with Crippen molar-refractivity contribution < 1.29 is 9.59 Å². The number of hydrogen-bond donors (Lipinski definition) is 0. The molecule has 2 nitrogen and oxygen atoms in total. The fraction of sp³-hybridized carbons (Fsp3) is 0.636. The molecule has 2 aliphatic carbocycles. The molecule has 0 atom stereocenters. The van der Waals surface area contributed by atoms with Crippen LogP contribution >= 0.6 is 0 Å². The lowest BCUT2D eigenvalue weighted by molar-refractivity contribution is -0.129. The van der Waals surface area contributed by atoms with Crippen molar-refractivity contribution in [3.63, 3.8) is 0 Å². The summed E-state index contributed by atoms with van der Waals surface area (Å²) >= 11 is 0. The van der Waals surface area contributed by atoms with Crippen LogP contribution in [0.2, 0.25) is 0 Å². The van der Waals surface area contributed by atoms with Crippen molar-refractivity contribution in [3.05, 3.63) is 11.6 Å². The van der Waals surface area contributed by atoms with E-state index in [4.69, 9.17) is 0 Å². The molecule has 70 valence electrons. The molecule has 0 unspecified atom stereocenters. The maximum Gasteiger partial charge on any atom is 0.165 e. The highest BCUT2D eigenvalue weighted by Gasteiger charge is 2.41. The number of carbonyl (C=O) groups is 2. The Balaban J connectivity index is 2.34. The van der Waals surface area contributed by atoms with Crippen LogP contribution in [0.5, 0.6) is 0 Å². The first-order valence-electron chi connectivity index (χ1n) is 4.80. The van der Waals surface area contributed by atoms with Gasteiger partial charge in [-0.3, -0.25) is 9.59 Å². The Hall–Kier alpha value is -0.920. The smallest absolute Gasteiger partial charge is 0.165 e. The Morgan fingerprint density at radius 1 is 1.31 bits per heavy atom. The topological polar surface area (TPSA) is 34.1 Å². The number of carbonyl (C=O) groups excluding carboxylic acids is 2. The molecule has 0 saturated heterocycles. The second-order valence-electron chi connectivity index (χ2n) is 4.73. The van der Waals surface area contributed by atoms with E-state index in [1.165, 1.54) is 0 Å². The largest absolute Gasteiger partial charge is 0.295 e. The van der Waals surface area contributed by atoms with E-state index in [0.717, 1.165) is 18.4 Å². The number of rotatable bonds is 1. The summed E-state index contributed by atoms with van der Waals surface area (Å²) in [6, 6.07) is 0. The van der Waals surface area contributed by atoms with E-state index >= 15 is 0 Å². The third-order valence-corrected chi connectivity index (χ3v) is 2.83. The van der Waals surface area contributed by atoms with Gasteiger partial charge in [0.2, 0.25) is 0 Å². The molecule has 2 heteroatoms. The average molecular weight is 178 g/mol. The highest BCUT2D eigenvalue weighted by Crippen LogP contribution is 2.43. The fourth-order valence-corrected chi connectivity index (χ4v) is 1.89. The van der Waals surface area contributed by atoms with Gasteiger partial charge in [0.05, 0.1) is 0 Å². The molecule has 0 amide bonds. The van der Waals surface area contributed by atoms with Gasteiger partial charge in [-0.1, -0.05) is 13.8 Å². The standard InChI is InChI=1S/C11H14O2/c1-11(2)6-8(12)5-9(10(11)13)7-3-4-7/h5,7H,3-4,6H2,1-2H3. The lowest BCUT2D eigenvalue weighted by Crippen LogP contribution is -2.33. The van der Waals surface area contributed by atoms with Gasteiger partial charge in [-0.25, -0.2) is 0 Å². The Morgan fingerprint density at radius 2 is 1.92 bits per heavy atom. The minimum Gasteiger partial charge on any atom is -0.295 e. The van der Waals surface area contributed by atoms with Crippen LogP contribution in [0.15, 0.2) is 11.6 Å². The van der Waals surface area contributed by atoms with Crippen molar-refractivity contribution in [3.8, 4) is 0 Å². The van der Waals surface area contributed by atoms with Crippen LogP contribution < -0.4 is 0 Å². The van der Waals surface area contributed by atoms with Crippen LogP contribution in [0.4, 0.5) is 0 Å². The van der Waals surface area contributed by atoms with Gasteiger partial charge >= 0.3 is 0 Å². The summed E-state index contributed by atoms with van der Waals surface area (Å²) in [5.74, 6) is 0.706. The van der Waals surface area contributed by atoms with E-state index in [1.807, 2.05) is 13.8 Å². The first-order valence-corrected chi connectivity index (χ1v) is 4.80.